The summed E-state index contributed by atoms with van der Waals surface area (Å²) in [5.41, 5.74) is -0.271. The number of rotatable bonds is 3. The van der Waals surface area contributed by atoms with Crippen LogP contribution < -0.4 is 4.74 Å². The van der Waals surface area contributed by atoms with Gasteiger partial charge in [0.15, 0.2) is 5.69 Å². The zero-order valence-corrected chi connectivity index (χ0v) is 18.8. The predicted molar refractivity (Wildman–Crippen MR) is 119 cm³/mol. The molecular formula is C23H20F4N6O. The van der Waals surface area contributed by atoms with Gasteiger partial charge in [0.25, 0.3) is 0 Å². The minimum atomic E-state index is -4.74. The number of imidazole rings is 1. The summed E-state index contributed by atoms with van der Waals surface area (Å²) in [6.07, 6.45) is -1.79. The molecule has 1 N–H and O–H groups in total. The maximum Gasteiger partial charge on any atom is 0.437 e. The Balaban J connectivity index is 1.95. The first-order valence-electron chi connectivity index (χ1n) is 10.4. The van der Waals surface area contributed by atoms with E-state index in [1.165, 1.54) is 24.4 Å². The fraction of sp³-hybridized carbons (Fsp3) is 0.304. The molecule has 0 spiro atoms. The zero-order valence-electron chi connectivity index (χ0n) is 18.8. The van der Waals surface area contributed by atoms with Crippen molar-refractivity contribution in [1.82, 2.24) is 29.9 Å². The average molecular weight is 472 g/mol. The van der Waals surface area contributed by atoms with Crippen LogP contribution in [-0.4, -0.2) is 36.6 Å². The topological polar surface area (TPSA) is 81.5 Å². The molecule has 3 aromatic heterocycles. The molecule has 0 saturated carbocycles. The van der Waals surface area contributed by atoms with Crippen LogP contribution in [0, 0.1) is 11.2 Å². The van der Waals surface area contributed by atoms with E-state index in [1.54, 1.807) is 17.9 Å². The number of benzene rings is 2. The molecule has 11 heteroatoms. The maximum atomic E-state index is 14.9. The van der Waals surface area contributed by atoms with E-state index in [2.05, 4.69) is 25.4 Å². The van der Waals surface area contributed by atoms with E-state index >= 15 is 0 Å². The van der Waals surface area contributed by atoms with Crippen LogP contribution >= 0.6 is 0 Å². The molecule has 0 aliphatic rings. The number of aryl methyl sites for hydroxylation is 1. The maximum absolute atomic E-state index is 14.9. The molecule has 0 amide bonds. The van der Waals surface area contributed by atoms with Crippen LogP contribution in [0.25, 0.3) is 44.0 Å². The highest BCUT2D eigenvalue weighted by atomic mass is 19.4. The summed E-state index contributed by atoms with van der Waals surface area (Å²) in [5.74, 6) is -0.323. The SMILES string of the molecule is Cn1cnc2c3nccc(-c4n[nH]nc4C(F)(F)F)c3c3cc(F)cc(OCC(C)(C)C)c3c21. The van der Waals surface area contributed by atoms with Crippen LogP contribution in [0.5, 0.6) is 5.75 Å². The molecule has 0 bridgehead atoms. The lowest BCUT2D eigenvalue weighted by Crippen LogP contribution is -2.17. The van der Waals surface area contributed by atoms with Crippen molar-refractivity contribution >= 4 is 32.7 Å². The Bertz CT molecular complexity index is 1560. The minimum Gasteiger partial charge on any atom is -0.492 e. The Kier molecular flexibility index (Phi) is 4.78. The van der Waals surface area contributed by atoms with Crippen molar-refractivity contribution in [2.24, 2.45) is 12.5 Å². The number of hydrogen-bond acceptors (Lipinski definition) is 5. The van der Waals surface area contributed by atoms with Gasteiger partial charge in [0.05, 0.1) is 29.4 Å². The lowest BCUT2D eigenvalue weighted by atomic mass is 9.96. The Morgan fingerprint density at radius 1 is 1.03 bits per heavy atom. The first-order chi connectivity index (χ1) is 16.0. The largest absolute Gasteiger partial charge is 0.492 e. The van der Waals surface area contributed by atoms with Crippen LogP contribution in [-0.2, 0) is 13.2 Å². The number of aromatic nitrogens is 6. The number of ether oxygens (including phenoxy) is 1. The van der Waals surface area contributed by atoms with Gasteiger partial charge in [0.1, 0.15) is 22.8 Å². The summed E-state index contributed by atoms with van der Waals surface area (Å²) in [6.45, 7) is 6.24. The van der Waals surface area contributed by atoms with Crippen molar-refractivity contribution in [3.8, 4) is 17.0 Å². The van der Waals surface area contributed by atoms with Crippen LogP contribution in [0.2, 0.25) is 0 Å². The van der Waals surface area contributed by atoms with E-state index in [-0.39, 0.29) is 22.1 Å². The van der Waals surface area contributed by atoms with Crippen molar-refractivity contribution in [2.45, 2.75) is 26.9 Å². The molecule has 5 rings (SSSR count). The van der Waals surface area contributed by atoms with Gasteiger partial charge >= 0.3 is 6.18 Å². The van der Waals surface area contributed by atoms with Gasteiger partial charge in [-0.2, -0.15) is 28.6 Å². The molecular weight excluding hydrogens is 452 g/mol. The van der Waals surface area contributed by atoms with Gasteiger partial charge < -0.3 is 9.30 Å². The second-order valence-corrected chi connectivity index (χ2v) is 9.33. The molecule has 0 fully saturated rings. The number of alkyl halides is 3. The normalized spacial score (nSPS) is 12.8. The number of pyridine rings is 1. The Labute approximate surface area is 190 Å². The molecule has 0 unspecified atom stereocenters. The summed E-state index contributed by atoms with van der Waals surface area (Å²) in [7, 11) is 1.78. The van der Waals surface area contributed by atoms with Crippen LogP contribution in [0.4, 0.5) is 17.6 Å². The number of aromatic amines is 1. The molecule has 176 valence electrons. The Hall–Kier alpha value is -3.76. The molecule has 0 aliphatic carbocycles. The summed E-state index contributed by atoms with van der Waals surface area (Å²) < 4.78 is 63.6. The number of halogens is 4. The summed E-state index contributed by atoms with van der Waals surface area (Å²) in [5, 5.41) is 10.3. The summed E-state index contributed by atoms with van der Waals surface area (Å²) in [6, 6.07) is 3.95. The standard InChI is InChI=1S/C23H20F4N6O/c1-22(2,3)9-34-14-8-11(24)7-13-15-12(17-21(23(25,26)27)31-32-30-17)5-6-28-18(15)19-20(16(13)14)33(4)10-29-19/h5-8,10H,9H2,1-4H3,(H,30,31,32). The van der Waals surface area contributed by atoms with Crippen molar-refractivity contribution in [3.05, 3.63) is 42.2 Å². The molecule has 3 heterocycles. The van der Waals surface area contributed by atoms with Crippen molar-refractivity contribution in [3.63, 3.8) is 0 Å². The third kappa shape index (κ3) is 3.51. The Morgan fingerprint density at radius 3 is 2.50 bits per heavy atom. The molecule has 0 atom stereocenters. The number of H-pyrrole nitrogens is 1. The lowest BCUT2D eigenvalue weighted by molar-refractivity contribution is -0.140. The fourth-order valence-electron chi connectivity index (χ4n) is 4.06. The number of nitrogens with one attached hydrogen (secondary N) is 1. The van der Waals surface area contributed by atoms with Crippen LogP contribution in [0.15, 0.2) is 30.7 Å². The highest BCUT2D eigenvalue weighted by molar-refractivity contribution is 6.26. The van der Waals surface area contributed by atoms with E-state index in [9.17, 15) is 17.6 Å². The van der Waals surface area contributed by atoms with Gasteiger partial charge in [-0.1, -0.05) is 20.8 Å². The van der Waals surface area contributed by atoms with E-state index in [0.717, 1.165) is 0 Å². The van der Waals surface area contributed by atoms with Crippen LogP contribution in [0.3, 0.4) is 0 Å². The second kappa shape index (κ2) is 7.37. The minimum absolute atomic E-state index is 0.107. The van der Waals surface area contributed by atoms with Gasteiger partial charge in [-0.3, -0.25) is 4.98 Å². The van der Waals surface area contributed by atoms with E-state index in [1.807, 2.05) is 20.8 Å². The predicted octanol–water partition coefficient (Wildman–Crippen LogP) is 5.64. The van der Waals surface area contributed by atoms with E-state index < -0.39 is 23.4 Å². The van der Waals surface area contributed by atoms with E-state index in [0.29, 0.717) is 33.9 Å². The van der Waals surface area contributed by atoms with Crippen molar-refractivity contribution in [1.29, 1.82) is 0 Å². The molecule has 7 nitrogen and oxygen atoms in total. The fourth-order valence-corrected chi connectivity index (χ4v) is 4.06. The summed E-state index contributed by atoms with van der Waals surface area (Å²) >= 11 is 0. The summed E-state index contributed by atoms with van der Waals surface area (Å²) in [4.78, 5) is 8.85. The third-order valence-electron chi connectivity index (χ3n) is 5.42. The molecule has 2 aromatic carbocycles. The Morgan fingerprint density at radius 2 is 1.79 bits per heavy atom. The highest BCUT2D eigenvalue weighted by Crippen LogP contribution is 2.44. The molecule has 0 radical (unpaired) electrons. The molecule has 0 saturated heterocycles. The van der Waals surface area contributed by atoms with Gasteiger partial charge in [-0.05, 0) is 17.5 Å². The molecule has 5 aromatic rings. The zero-order chi connectivity index (χ0) is 24.4. The third-order valence-corrected chi connectivity index (χ3v) is 5.42. The molecule has 34 heavy (non-hydrogen) atoms. The van der Waals surface area contributed by atoms with E-state index in [4.69, 9.17) is 4.74 Å². The highest BCUT2D eigenvalue weighted by Gasteiger charge is 2.38. The van der Waals surface area contributed by atoms with Crippen molar-refractivity contribution in [2.75, 3.05) is 6.61 Å². The van der Waals surface area contributed by atoms with Crippen molar-refractivity contribution < 1.29 is 22.3 Å². The quantitative estimate of drug-likeness (QED) is 0.271. The number of nitrogens with zero attached hydrogens (tertiary/aromatic N) is 5. The smallest absolute Gasteiger partial charge is 0.437 e. The van der Waals surface area contributed by atoms with Crippen LogP contribution in [0.1, 0.15) is 26.5 Å². The number of hydrogen-bond donors (Lipinski definition) is 1. The monoisotopic (exact) mass is 472 g/mol. The van der Waals surface area contributed by atoms with Gasteiger partial charge in [0, 0.05) is 35.6 Å². The lowest BCUT2D eigenvalue weighted by Gasteiger charge is -2.21. The molecule has 0 aliphatic heterocycles. The average Bonchev–Trinajstić information content (AvgIpc) is 3.38. The first kappa shape index (κ1) is 22.1. The van der Waals surface area contributed by atoms with Gasteiger partial charge in [-0.15, -0.1) is 0 Å². The van der Waals surface area contributed by atoms with Gasteiger partial charge in [0.2, 0.25) is 0 Å². The van der Waals surface area contributed by atoms with Gasteiger partial charge in [-0.25, -0.2) is 9.37 Å². The second-order valence-electron chi connectivity index (χ2n) is 9.33. The first-order valence-corrected chi connectivity index (χ1v) is 10.4. The number of fused-ring (bicyclic) bond motifs is 6.